The van der Waals surface area contributed by atoms with Crippen molar-refractivity contribution in [1.82, 2.24) is 25.6 Å². The maximum Gasteiger partial charge on any atom is 0.234 e. The summed E-state index contributed by atoms with van der Waals surface area (Å²) in [5.74, 6) is -0.0438. The minimum atomic E-state index is -1.02. The molecule has 0 aliphatic carbocycles. The highest BCUT2D eigenvalue weighted by molar-refractivity contribution is 5.78. The number of carbonyl (C=O) groups excluding carboxylic acids is 1. The van der Waals surface area contributed by atoms with E-state index in [0.717, 1.165) is 11.1 Å². The summed E-state index contributed by atoms with van der Waals surface area (Å²) in [6.45, 7) is 3.86. The van der Waals surface area contributed by atoms with Crippen LogP contribution < -0.4 is 5.32 Å². The van der Waals surface area contributed by atoms with Crippen molar-refractivity contribution in [3.05, 3.63) is 47.3 Å². The molecule has 3 rings (SSSR count). The summed E-state index contributed by atoms with van der Waals surface area (Å²) < 4.78 is 0. The van der Waals surface area contributed by atoms with Gasteiger partial charge in [0.15, 0.2) is 0 Å². The molecule has 0 bridgehead atoms. The van der Waals surface area contributed by atoms with Gasteiger partial charge in [-0.25, -0.2) is 0 Å². The molecule has 1 saturated heterocycles. The van der Waals surface area contributed by atoms with E-state index in [1.165, 1.54) is 6.20 Å². The molecule has 23 heavy (non-hydrogen) atoms. The number of hydrogen-bond donors (Lipinski definition) is 3. The number of carbonyl (C=O) groups is 1. The van der Waals surface area contributed by atoms with Gasteiger partial charge in [-0.2, -0.15) is 15.4 Å². The first-order chi connectivity index (χ1) is 11.1. The SMILES string of the molecule is Cc1ccccc1CNC(=O)CN1CC[C@@](O)(c2cn[nH]n2)C1. The van der Waals surface area contributed by atoms with Gasteiger partial charge in [-0.1, -0.05) is 24.3 Å². The van der Waals surface area contributed by atoms with Crippen LogP contribution in [-0.2, 0) is 16.9 Å². The summed E-state index contributed by atoms with van der Waals surface area (Å²) in [6.07, 6.45) is 2.08. The molecule has 1 fully saturated rings. The lowest BCUT2D eigenvalue weighted by Crippen LogP contribution is -2.38. The van der Waals surface area contributed by atoms with E-state index in [9.17, 15) is 9.90 Å². The number of aliphatic hydroxyl groups is 1. The second-order valence-corrected chi connectivity index (χ2v) is 6.05. The van der Waals surface area contributed by atoms with Gasteiger partial charge in [0, 0.05) is 19.6 Å². The maximum atomic E-state index is 12.1. The van der Waals surface area contributed by atoms with Gasteiger partial charge in [0.05, 0.1) is 12.7 Å². The fourth-order valence-electron chi connectivity index (χ4n) is 2.90. The topological polar surface area (TPSA) is 94.1 Å². The number of likely N-dealkylation sites (tertiary alicyclic amines) is 1. The minimum absolute atomic E-state index is 0.0438. The van der Waals surface area contributed by atoms with Crippen LogP contribution in [0.3, 0.4) is 0 Å². The molecule has 0 spiro atoms. The molecule has 1 aromatic carbocycles. The molecule has 1 aromatic heterocycles. The molecule has 0 radical (unpaired) electrons. The van der Waals surface area contributed by atoms with Gasteiger partial charge in [0.25, 0.3) is 0 Å². The molecule has 1 aliphatic rings. The number of rotatable bonds is 5. The lowest BCUT2D eigenvalue weighted by atomic mass is 10.0. The summed E-state index contributed by atoms with van der Waals surface area (Å²) in [4.78, 5) is 14.0. The molecule has 1 amide bonds. The van der Waals surface area contributed by atoms with E-state index in [0.29, 0.717) is 31.7 Å². The standard InChI is InChI=1S/C16H21N5O2/c1-12-4-2-3-5-13(12)8-17-15(22)10-21-7-6-16(23,11-21)14-9-18-20-19-14/h2-5,9,23H,6-8,10-11H2,1H3,(H,17,22)(H,18,19,20)/t16-/m0/s1. The third-order valence-corrected chi connectivity index (χ3v) is 4.32. The van der Waals surface area contributed by atoms with E-state index in [1.54, 1.807) is 0 Å². The highest BCUT2D eigenvalue weighted by atomic mass is 16.3. The Labute approximate surface area is 134 Å². The fourth-order valence-corrected chi connectivity index (χ4v) is 2.90. The molecule has 1 aliphatic heterocycles. The summed E-state index contributed by atoms with van der Waals surface area (Å²) in [7, 11) is 0. The summed E-state index contributed by atoms with van der Waals surface area (Å²) >= 11 is 0. The predicted molar refractivity (Wildman–Crippen MR) is 84.4 cm³/mol. The zero-order valence-electron chi connectivity index (χ0n) is 13.1. The summed E-state index contributed by atoms with van der Waals surface area (Å²) in [6, 6.07) is 7.98. The molecule has 2 heterocycles. The third-order valence-electron chi connectivity index (χ3n) is 4.32. The second-order valence-electron chi connectivity index (χ2n) is 6.05. The van der Waals surface area contributed by atoms with Crippen LogP contribution in [0.4, 0.5) is 0 Å². The lowest BCUT2D eigenvalue weighted by molar-refractivity contribution is -0.122. The van der Waals surface area contributed by atoms with Crippen LogP contribution in [0.25, 0.3) is 0 Å². The number of benzene rings is 1. The van der Waals surface area contributed by atoms with Gasteiger partial charge in [-0.15, -0.1) is 0 Å². The maximum absolute atomic E-state index is 12.1. The van der Waals surface area contributed by atoms with Gasteiger partial charge in [0.2, 0.25) is 5.91 Å². The summed E-state index contributed by atoms with van der Waals surface area (Å²) in [5.41, 5.74) is 1.78. The first-order valence-corrected chi connectivity index (χ1v) is 7.69. The van der Waals surface area contributed by atoms with Crippen LogP contribution in [0.5, 0.6) is 0 Å². The largest absolute Gasteiger partial charge is 0.382 e. The molecule has 7 nitrogen and oxygen atoms in total. The number of nitrogens with one attached hydrogen (secondary N) is 2. The van der Waals surface area contributed by atoms with Gasteiger partial charge < -0.3 is 10.4 Å². The Morgan fingerprint density at radius 1 is 1.48 bits per heavy atom. The smallest absolute Gasteiger partial charge is 0.234 e. The number of H-pyrrole nitrogens is 1. The van der Waals surface area contributed by atoms with E-state index < -0.39 is 5.60 Å². The number of β-amino-alcohol motifs (C(OH)–C–C–N with tert-alkyl or cyclic N) is 1. The van der Waals surface area contributed by atoms with Crippen LogP contribution >= 0.6 is 0 Å². The monoisotopic (exact) mass is 315 g/mol. The highest BCUT2D eigenvalue weighted by Gasteiger charge is 2.40. The van der Waals surface area contributed by atoms with E-state index in [4.69, 9.17) is 0 Å². The molecular formula is C16H21N5O2. The molecule has 2 aromatic rings. The molecule has 0 unspecified atom stereocenters. The van der Waals surface area contributed by atoms with Crippen molar-refractivity contribution < 1.29 is 9.90 Å². The molecular weight excluding hydrogens is 294 g/mol. The fraction of sp³-hybridized carbons (Fsp3) is 0.438. The van der Waals surface area contributed by atoms with Crippen molar-refractivity contribution in [2.45, 2.75) is 25.5 Å². The molecule has 1 atom stereocenters. The Hall–Kier alpha value is -2.25. The highest BCUT2D eigenvalue weighted by Crippen LogP contribution is 2.29. The van der Waals surface area contributed by atoms with Crippen LogP contribution in [0.1, 0.15) is 23.2 Å². The number of hydrogen-bond acceptors (Lipinski definition) is 5. The van der Waals surface area contributed by atoms with Crippen LogP contribution in [-0.4, -0.2) is 51.0 Å². The Balaban J connectivity index is 1.50. The molecule has 7 heteroatoms. The Morgan fingerprint density at radius 3 is 3.04 bits per heavy atom. The van der Waals surface area contributed by atoms with Gasteiger partial charge in [-0.3, -0.25) is 9.69 Å². The van der Waals surface area contributed by atoms with Crippen molar-refractivity contribution in [3.63, 3.8) is 0 Å². The number of aryl methyl sites for hydroxylation is 1. The molecule has 0 saturated carbocycles. The summed E-state index contributed by atoms with van der Waals surface area (Å²) in [5, 5.41) is 23.7. The average molecular weight is 315 g/mol. The molecule has 3 N–H and O–H groups in total. The van der Waals surface area contributed by atoms with Crippen molar-refractivity contribution >= 4 is 5.91 Å². The number of amides is 1. The minimum Gasteiger partial charge on any atom is -0.382 e. The third kappa shape index (κ3) is 3.57. The lowest BCUT2D eigenvalue weighted by Gasteiger charge is -2.20. The van der Waals surface area contributed by atoms with Crippen molar-refractivity contribution in [2.24, 2.45) is 0 Å². The van der Waals surface area contributed by atoms with Crippen LogP contribution in [0.2, 0.25) is 0 Å². The van der Waals surface area contributed by atoms with E-state index >= 15 is 0 Å². The zero-order chi connectivity index (χ0) is 16.3. The predicted octanol–water partition coefficient (Wildman–Crippen LogP) is 0.323. The zero-order valence-corrected chi connectivity index (χ0v) is 13.1. The first-order valence-electron chi connectivity index (χ1n) is 7.69. The number of aromatic amines is 1. The van der Waals surface area contributed by atoms with E-state index in [-0.39, 0.29) is 12.5 Å². The Morgan fingerprint density at radius 2 is 2.30 bits per heavy atom. The van der Waals surface area contributed by atoms with Gasteiger partial charge in [-0.05, 0) is 24.5 Å². The number of nitrogens with zero attached hydrogens (tertiary/aromatic N) is 3. The Bertz CT molecular complexity index is 673. The number of aromatic nitrogens is 3. The van der Waals surface area contributed by atoms with Gasteiger partial charge >= 0.3 is 0 Å². The second kappa shape index (κ2) is 6.47. The van der Waals surface area contributed by atoms with Crippen molar-refractivity contribution in [3.8, 4) is 0 Å². The van der Waals surface area contributed by atoms with Crippen molar-refractivity contribution in [2.75, 3.05) is 19.6 Å². The van der Waals surface area contributed by atoms with E-state index in [2.05, 4.69) is 20.7 Å². The normalized spacial score (nSPS) is 21.5. The Kier molecular flexibility index (Phi) is 4.40. The van der Waals surface area contributed by atoms with E-state index in [1.807, 2.05) is 36.1 Å². The van der Waals surface area contributed by atoms with Gasteiger partial charge in [0.1, 0.15) is 11.3 Å². The molecule has 122 valence electrons. The van der Waals surface area contributed by atoms with Crippen LogP contribution in [0.15, 0.2) is 30.5 Å². The van der Waals surface area contributed by atoms with Crippen molar-refractivity contribution in [1.29, 1.82) is 0 Å². The quantitative estimate of drug-likeness (QED) is 0.739. The average Bonchev–Trinajstić information content (AvgIpc) is 3.17. The van der Waals surface area contributed by atoms with Crippen LogP contribution in [0, 0.1) is 6.92 Å². The first kappa shape index (κ1) is 15.6.